The number of aryl methyl sites for hydroxylation is 3. The SMILES string of the molecule is Cc1cc(C)c(NC(=O)CCCSCc2nnnn2-c2ccccc2)c(C)c1. The van der Waals surface area contributed by atoms with Crippen LogP contribution >= 0.6 is 11.8 Å². The summed E-state index contributed by atoms with van der Waals surface area (Å²) in [7, 11) is 0. The molecule has 0 unspecified atom stereocenters. The second kappa shape index (κ2) is 9.50. The average molecular weight is 396 g/mol. The van der Waals surface area contributed by atoms with Crippen LogP contribution in [-0.4, -0.2) is 31.9 Å². The van der Waals surface area contributed by atoms with Gasteiger partial charge in [-0.2, -0.15) is 16.4 Å². The van der Waals surface area contributed by atoms with E-state index < -0.39 is 0 Å². The Morgan fingerprint density at radius 3 is 2.54 bits per heavy atom. The lowest BCUT2D eigenvalue weighted by molar-refractivity contribution is -0.116. The number of thioether (sulfide) groups is 1. The number of anilines is 1. The van der Waals surface area contributed by atoms with Gasteiger partial charge in [0.15, 0.2) is 5.82 Å². The van der Waals surface area contributed by atoms with Gasteiger partial charge < -0.3 is 5.32 Å². The molecule has 0 fully saturated rings. The van der Waals surface area contributed by atoms with Crippen molar-refractivity contribution in [1.29, 1.82) is 0 Å². The molecule has 3 aromatic rings. The third kappa shape index (κ3) is 5.19. The van der Waals surface area contributed by atoms with Gasteiger partial charge in [0.25, 0.3) is 0 Å². The number of benzene rings is 2. The van der Waals surface area contributed by atoms with Gasteiger partial charge in [-0.05, 0) is 66.6 Å². The Balaban J connectivity index is 1.44. The van der Waals surface area contributed by atoms with Crippen LogP contribution in [0.25, 0.3) is 5.69 Å². The first-order chi connectivity index (χ1) is 13.5. The van der Waals surface area contributed by atoms with E-state index in [1.165, 1.54) is 5.56 Å². The Bertz CT molecular complexity index is 916. The first-order valence-corrected chi connectivity index (χ1v) is 10.5. The molecule has 1 aromatic heterocycles. The Morgan fingerprint density at radius 2 is 1.82 bits per heavy atom. The topological polar surface area (TPSA) is 72.7 Å². The Kier molecular flexibility index (Phi) is 6.81. The number of rotatable bonds is 8. The summed E-state index contributed by atoms with van der Waals surface area (Å²) in [6.45, 7) is 6.13. The molecule has 146 valence electrons. The largest absolute Gasteiger partial charge is 0.326 e. The third-order valence-corrected chi connectivity index (χ3v) is 5.44. The molecule has 2 aromatic carbocycles. The second-order valence-electron chi connectivity index (χ2n) is 6.82. The van der Waals surface area contributed by atoms with Crippen molar-refractivity contribution in [3.63, 3.8) is 0 Å². The normalized spacial score (nSPS) is 10.8. The van der Waals surface area contributed by atoms with E-state index in [1.807, 2.05) is 44.2 Å². The molecule has 0 saturated heterocycles. The number of aromatic nitrogens is 4. The summed E-state index contributed by atoms with van der Waals surface area (Å²) in [5.41, 5.74) is 5.31. The zero-order valence-electron chi connectivity index (χ0n) is 16.5. The van der Waals surface area contributed by atoms with Gasteiger partial charge in [0.1, 0.15) is 0 Å². The number of carbonyl (C=O) groups excluding carboxylic acids is 1. The highest BCUT2D eigenvalue weighted by Crippen LogP contribution is 2.22. The van der Waals surface area contributed by atoms with Crippen molar-refractivity contribution in [2.75, 3.05) is 11.1 Å². The number of nitrogens with one attached hydrogen (secondary N) is 1. The molecule has 3 rings (SSSR count). The van der Waals surface area contributed by atoms with Gasteiger partial charge in [-0.3, -0.25) is 4.79 Å². The molecule has 0 radical (unpaired) electrons. The lowest BCUT2D eigenvalue weighted by Crippen LogP contribution is -2.13. The Hall–Kier alpha value is -2.67. The summed E-state index contributed by atoms with van der Waals surface area (Å²) in [6, 6.07) is 14.0. The van der Waals surface area contributed by atoms with Gasteiger partial charge in [0.05, 0.1) is 11.4 Å². The van der Waals surface area contributed by atoms with E-state index in [0.717, 1.165) is 40.5 Å². The van der Waals surface area contributed by atoms with Gasteiger partial charge in [-0.25, -0.2) is 0 Å². The quantitative estimate of drug-likeness (QED) is 0.578. The maximum atomic E-state index is 12.3. The van der Waals surface area contributed by atoms with Crippen LogP contribution in [0.1, 0.15) is 35.4 Å². The third-order valence-electron chi connectivity index (χ3n) is 4.40. The number of carbonyl (C=O) groups is 1. The monoisotopic (exact) mass is 395 g/mol. The number of hydrogen-bond donors (Lipinski definition) is 1. The first kappa shape index (κ1) is 20.1. The van der Waals surface area contributed by atoms with Gasteiger partial charge >= 0.3 is 0 Å². The van der Waals surface area contributed by atoms with Crippen molar-refractivity contribution in [3.8, 4) is 5.69 Å². The van der Waals surface area contributed by atoms with Gasteiger partial charge in [-0.15, -0.1) is 5.10 Å². The van der Waals surface area contributed by atoms with E-state index in [2.05, 4.69) is 39.9 Å². The molecule has 6 nitrogen and oxygen atoms in total. The fourth-order valence-electron chi connectivity index (χ4n) is 3.14. The molecule has 0 spiro atoms. The molecular formula is C21H25N5OS. The number of hydrogen-bond acceptors (Lipinski definition) is 5. The molecule has 0 aliphatic rings. The van der Waals surface area contributed by atoms with Crippen molar-refractivity contribution in [2.24, 2.45) is 0 Å². The Morgan fingerprint density at radius 1 is 1.11 bits per heavy atom. The summed E-state index contributed by atoms with van der Waals surface area (Å²) >= 11 is 1.73. The fourth-order valence-corrected chi connectivity index (χ4v) is 4.00. The highest BCUT2D eigenvalue weighted by Gasteiger charge is 2.10. The number of tetrazole rings is 1. The van der Waals surface area contributed by atoms with Crippen molar-refractivity contribution < 1.29 is 4.79 Å². The molecule has 28 heavy (non-hydrogen) atoms. The summed E-state index contributed by atoms with van der Waals surface area (Å²) in [5, 5.41) is 15.0. The van der Waals surface area contributed by atoms with Crippen LogP contribution in [-0.2, 0) is 10.5 Å². The fraction of sp³-hybridized carbons (Fsp3) is 0.333. The molecular weight excluding hydrogens is 370 g/mol. The predicted molar refractivity (Wildman–Crippen MR) is 114 cm³/mol. The predicted octanol–water partition coefficient (Wildman–Crippen LogP) is 4.24. The van der Waals surface area contributed by atoms with Crippen LogP contribution < -0.4 is 5.32 Å². The lowest BCUT2D eigenvalue weighted by atomic mass is 10.0. The van der Waals surface area contributed by atoms with Gasteiger partial charge in [0.2, 0.25) is 5.91 Å². The van der Waals surface area contributed by atoms with Crippen LogP contribution in [0.15, 0.2) is 42.5 Å². The molecule has 0 aliphatic carbocycles. The van der Waals surface area contributed by atoms with E-state index in [-0.39, 0.29) is 5.91 Å². The van der Waals surface area contributed by atoms with E-state index in [0.29, 0.717) is 12.2 Å². The molecule has 0 atom stereocenters. The number of nitrogens with zero attached hydrogens (tertiary/aromatic N) is 4. The van der Waals surface area contributed by atoms with Crippen molar-refractivity contribution in [1.82, 2.24) is 20.2 Å². The molecule has 1 N–H and O–H groups in total. The van der Waals surface area contributed by atoms with Gasteiger partial charge in [-0.1, -0.05) is 35.9 Å². The maximum absolute atomic E-state index is 12.3. The maximum Gasteiger partial charge on any atom is 0.224 e. The first-order valence-electron chi connectivity index (χ1n) is 9.32. The van der Waals surface area contributed by atoms with Crippen molar-refractivity contribution in [3.05, 3.63) is 65.0 Å². The van der Waals surface area contributed by atoms with E-state index in [4.69, 9.17) is 0 Å². The summed E-state index contributed by atoms with van der Waals surface area (Å²) in [5.74, 6) is 2.46. The summed E-state index contributed by atoms with van der Waals surface area (Å²) in [4.78, 5) is 12.3. The number of para-hydroxylation sites is 1. The molecule has 0 saturated carbocycles. The highest BCUT2D eigenvalue weighted by atomic mass is 32.2. The highest BCUT2D eigenvalue weighted by molar-refractivity contribution is 7.98. The zero-order chi connectivity index (χ0) is 19.9. The number of amides is 1. The summed E-state index contributed by atoms with van der Waals surface area (Å²) in [6.07, 6.45) is 1.32. The zero-order valence-corrected chi connectivity index (χ0v) is 17.3. The lowest BCUT2D eigenvalue weighted by Gasteiger charge is -2.12. The molecule has 1 heterocycles. The van der Waals surface area contributed by atoms with E-state index in [9.17, 15) is 4.79 Å². The minimum Gasteiger partial charge on any atom is -0.326 e. The molecule has 0 bridgehead atoms. The van der Waals surface area contributed by atoms with Crippen LogP contribution in [0.5, 0.6) is 0 Å². The molecule has 1 amide bonds. The van der Waals surface area contributed by atoms with Gasteiger partial charge in [0, 0.05) is 12.1 Å². The van der Waals surface area contributed by atoms with Crippen LogP contribution in [0, 0.1) is 20.8 Å². The van der Waals surface area contributed by atoms with Crippen LogP contribution in [0.3, 0.4) is 0 Å². The minimum atomic E-state index is 0.0600. The van der Waals surface area contributed by atoms with E-state index in [1.54, 1.807) is 16.4 Å². The second-order valence-corrected chi connectivity index (χ2v) is 7.93. The minimum absolute atomic E-state index is 0.0600. The van der Waals surface area contributed by atoms with Crippen molar-refractivity contribution in [2.45, 2.75) is 39.4 Å². The van der Waals surface area contributed by atoms with Crippen LogP contribution in [0.2, 0.25) is 0 Å². The van der Waals surface area contributed by atoms with E-state index >= 15 is 0 Å². The molecule has 0 aliphatic heterocycles. The standard InChI is InChI=1S/C21H25N5OS/c1-15-12-16(2)21(17(3)13-15)22-20(27)10-7-11-28-14-19-23-24-25-26(19)18-8-5-4-6-9-18/h4-6,8-9,12-13H,7,10-11,14H2,1-3H3,(H,22,27). The summed E-state index contributed by atoms with van der Waals surface area (Å²) < 4.78 is 1.75. The van der Waals surface area contributed by atoms with Crippen molar-refractivity contribution >= 4 is 23.4 Å². The smallest absolute Gasteiger partial charge is 0.224 e. The Labute approximate surface area is 169 Å². The average Bonchev–Trinajstić information content (AvgIpc) is 3.13. The molecule has 7 heteroatoms. The van der Waals surface area contributed by atoms with Crippen LogP contribution in [0.4, 0.5) is 5.69 Å².